The molecule has 0 nitrogen and oxygen atoms in total. The summed E-state index contributed by atoms with van der Waals surface area (Å²) in [7, 11) is 0. The SMILES string of the molecule is C=CC(C)(C=C)c1cc(F)c(F)c(F)c1. The molecule has 80 valence electrons. The number of halogens is 3. The molecule has 3 heteroatoms. The number of allylic oxidation sites excluding steroid dienone is 2. The van der Waals surface area contributed by atoms with Crippen LogP contribution in [0.5, 0.6) is 0 Å². The molecular formula is C12H11F3. The average molecular weight is 212 g/mol. The maximum atomic E-state index is 13.0. The lowest BCUT2D eigenvalue weighted by Crippen LogP contribution is -2.16. The van der Waals surface area contributed by atoms with Gasteiger partial charge in [0.05, 0.1) is 0 Å². The molecule has 0 unspecified atom stereocenters. The molecule has 0 bridgehead atoms. The Hall–Kier alpha value is -1.51. The zero-order chi connectivity index (χ0) is 11.6. The summed E-state index contributed by atoms with van der Waals surface area (Å²) >= 11 is 0. The first-order valence-electron chi connectivity index (χ1n) is 4.37. The van der Waals surface area contributed by atoms with Crippen LogP contribution in [0.1, 0.15) is 12.5 Å². The van der Waals surface area contributed by atoms with Crippen molar-refractivity contribution in [1.29, 1.82) is 0 Å². The summed E-state index contributed by atoms with van der Waals surface area (Å²) < 4.78 is 38.6. The second kappa shape index (κ2) is 3.93. The molecule has 1 aromatic rings. The highest BCUT2D eigenvalue weighted by Gasteiger charge is 2.22. The molecule has 1 rings (SSSR count). The maximum absolute atomic E-state index is 13.0. The van der Waals surface area contributed by atoms with Gasteiger partial charge < -0.3 is 0 Å². The van der Waals surface area contributed by atoms with Crippen molar-refractivity contribution in [3.05, 3.63) is 60.5 Å². The number of hydrogen-bond acceptors (Lipinski definition) is 0. The minimum absolute atomic E-state index is 0.281. The third-order valence-corrected chi connectivity index (χ3v) is 2.45. The second-order valence-corrected chi connectivity index (χ2v) is 3.44. The van der Waals surface area contributed by atoms with Crippen LogP contribution in [0.3, 0.4) is 0 Å². The Balaban J connectivity index is 3.39. The Labute approximate surface area is 86.7 Å². The van der Waals surface area contributed by atoms with Gasteiger partial charge in [0.2, 0.25) is 0 Å². The van der Waals surface area contributed by atoms with Crippen LogP contribution >= 0.6 is 0 Å². The van der Waals surface area contributed by atoms with Gasteiger partial charge in [0.15, 0.2) is 17.5 Å². The molecule has 0 heterocycles. The van der Waals surface area contributed by atoms with Crippen LogP contribution in [-0.2, 0) is 5.41 Å². The first-order chi connectivity index (χ1) is 6.94. The van der Waals surface area contributed by atoms with E-state index in [0.29, 0.717) is 0 Å². The first kappa shape index (κ1) is 11.6. The van der Waals surface area contributed by atoms with Gasteiger partial charge >= 0.3 is 0 Å². The molecule has 0 amide bonds. The van der Waals surface area contributed by atoms with Crippen molar-refractivity contribution in [3.8, 4) is 0 Å². The summed E-state index contributed by atoms with van der Waals surface area (Å²) in [5.41, 5.74) is -0.487. The second-order valence-electron chi connectivity index (χ2n) is 3.44. The van der Waals surface area contributed by atoms with Crippen molar-refractivity contribution in [1.82, 2.24) is 0 Å². The van der Waals surface area contributed by atoms with Crippen molar-refractivity contribution in [2.45, 2.75) is 12.3 Å². The van der Waals surface area contributed by atoms with Gasteiger partial charge in [-0.2, -0.15) is 0 Å². The summed E-state index contributed by atoms with van der Waals surface area (Å²) in [4.78, 5) is 0. The molecule has 1 aromatic carbocycles. The maximum Gasteiger partial charge on any atom is 0.194 e. The van der Waals surface area contributed by atoms with E-state index in [9.17, 15) is 13.2 Å². The van der Waals surface area contributed by atoms with Crippen LogP contribution < -0.4 is 0 Å². The molecule has 15 heavy (non-hydrogen) atoms. The molecule has 0 N–H and O–H groups in total. The topological polar surface area (TPSA) is 0 Å². The monoisotopic (exact) mass is 212 g/mol. The Morgan fingerprint density at radius 2 is 1.47 bits per heavy atom. The van der Waals surface area contributed by atoms with Gasteiger partial charge in [0.1, 0.15) is 0 Å². The van der Waals surface area contributed by atoms with Crippen LogP contribution in [0.2, 0.25) is 0 Å². The fourth-order valence-corrected chi connectivity index (χ4v) is 1.19. The normalized spacial score (nSPS) is 11.2. The Morgan fingerprint density at radius 3 is 1.80 bits per heavy atom. The van der Waals surface area contributed by atoms with E-state index in [-0.39, 0.29) is 5.56 Å². The summed E-state index contributed by atoms with van der Waals surface area (Å²) in [6.45, 7) is 8.78. The van der Waals surface area contributed by atoms with Crippen LogP contribution in [0.4, 0.5) is 13.2 Å². The summed E-state index contributed by atoms with van der Waals surface area (Å²) in [6.07, 6.45) is 2.98. The lowest BCUT2D eigenvalue weighted by molar-refractivity contribution is 0.443. The molecule has 0 radical (unpaired) electrons. The number of hydrogen-bond donors (Lipinski definition) is 0. The molecule has 0 spiro atoms. The minimum Gasteiger partial charge on any atom is -0.204 e. The number of benzene rings is 1. The standard InChI is InChI=1S/C12H11F3/c1-4-12(3,5-2)8-6-9(13)11(15)10(14)7-8/h4-7H,1-2H2,3H3. The third kappa shape index (κ3) is 1.96. The first-order valence-corrected chi connectivity index (χ1v) is 4.37. The van der Waals surface area contributed by atoms with Crippen molar-refractivity contribution in [2.75, 3.05) is 0 Å². The molecule has 0 aromatic heterocycles. The Bertz CT molecular complexity index is 376. The van der Waals surface area contributed by atoms with E-state index in [1.165, 1.54) is 12.2 Å². The minimum atomic E-state index is -1.46. The zero-order valence-corrected chi connectivity index (χ0v) is 8.36. The summed E-state index contributed by atoms with van der Waals surface area (Å²) in [5, 5.41) is 0. The van der Waals surface area contributed by atoms with Crippen LogP contribution in [0.15, 0.2) is 37.4 Å². The molecule has 0 aliphatic carbocycles. The quantitative estimate of drug-likeness (QED) is 0.529. The largest absolute Gasteiger partial charge is 0.204 e. The molecular weight excluding hydrogens is 201 g/mol. The molecule has 0 saturated heterocycles. The van der Waals surface area contributed by atoms with Crippen LogP contribution in [0, 0.1) is 17.5 Å². The van der Waals surface area contributed by atoms with E-state index in [1.54, 1.807) is 6.92 Å². The lowest BCUT2D eigenvalue weighted by atomic mass is 9.83. The molecule has 0 aliphatic rings. The van der Waals surface area contributed by atoms with Gasteiger partial charge in [-0.05, 0) is 24.6 Å². The summed E-state index contributed by atoms with van der Waals surface area (Å²) in [5.74, 6) is -3.88. The van der Waals surface area contributed by atoms with Crippen molar-refractivity contribution < 1.29 is 13.2 Å². The van der Waals surface area contributed by atoms with Gasteiger partial charge in [-0.1, -0.05) is 12.2 Å². The summed E-state index contributed by atoms with van der Waals surface area (Å²) in [6, 6.07) is 1.89. The molecule has 0 fully saturated rings. The van der Waals surface area contributed by atoms with Crippen molar-refractivity contribution >= 4 is 0 Å². The fraction of sp³-hybridized carbons (Fsp3) is 0.167. The van der Waals surface area contributed by atoms with Gasteiger partial charge in [0, 0.05) is 5.41 Å². The van der Waals surface area contributed by atoms with E-state index < -0.39 is 22.9 Å². The van der Waals surface area contributed by atoms with Gasteiger partial charge in [-0.3, -0.25) is 0 Å². The predicted octanol–water partition coefficient (Wildman–Crippen LogP) is 3.73. The van der Waals surface area contributed by atoms with Gasteiger partial charge in [0.25, 0.3) is 0 Å². The van der Waals surface area contributed by atoms with Crippen molar-refractivity contribution in [2.24, 2.45) is 0 Å². The van der Waals surface area contributed by atoms with Crippen LogP contribution in [-0.4, -0.2) is 0 Å². The molecule has 0 atom stereocenters. The highest BCUT2D eigenvalue weighted by molar-refractivity contribution is 5.35. The predicted molar refractivity (Wildman–Crippen MR) is 54.1 cm³/mol. The van der Waals surface area contributed by atoms with Crippen LogP contribution in [0.25, 0.3) is 0 Å². The smallest absolute Gasteiger partial charge is 0.194 e. The fourth-order valence-electron chi connectivity index (χ4n) is 1.19. The highest BCUT2D eigenvalue weighted by Crippen LogP contribution is 2.28. The lowest BCUT2D eigenvalue weighted by Gasteiger charge is -2.21. The average Bonchev–Trinajstić information content (AvgIpc) is 2.24. The molecule has 0 saturated carbocycles. The third-order valence-electron chi connectivity index (χ3n) is 2.45. The number of rotatable bonds is 3. The molecule has 0 aliphatic heterocycles. The zero-order valence-electron chi connectivity index (χ0n) is 8.36. The van der Waals surface area contributed by atoms with Crippen molar-refractivity contribution in [3.63, 3.8) is 0 Å². The Kier molecular flexibility index (Phi) is 3.03. The van der Waals surface area contributed by atoms with E-state index in [0.717, 1.165) is 12.1 Å². The Morgan fingerprint density at radius 1 is 1.07 bits per heavy atom. The highest BCUT2D eigenvalue weighted by atomic mass is 19.2. The van der Waals surface area contributed by atoms with E-state index in [4.69, 9.17) is 0 Å². The van der Waals surface area contributed by atoms with E-state index in [1.807, 2.05) is 0 Å². The van der Waals surface area contributed by atoms with Gasteiger partial charge in [-0.15, -0.1) is 13.2 Å². The van der Waals surface area contributed by atoms with E-state index in [2.05, 4.69) is 13.2 Å². The van der Waals surface area contributed by atoms with Gasteiger partial charge in [-0.25, -0.2) is 13.2 Å². The van der Waals surface area contributed by atoms with E-state index >= 15 is 0 Å².